The van der Waals surface area contributed by atoms with E-state index in [2.05, 4.69) is 20.8 Å². The largest absolute Gasteiger partial charge is 0.503 e. The average molecular weight is 555 g/mol. The highest BCUT2D eigenvalue weighted by atomic mass is 79.9. The number of benzene rings is 2. The molecule has 36 heavy (non-hydrogen) atoms. The van der Waals surface area contributed by atoms with E-state index in [-0.39, 0.29) is 11.3 Å². The number of morpholine rings is 1. The van der Waals surface area contributed by atoms with Crippen molar-refractivity contribution in [3.63, 3.8) is 0 Å². The summed E-state index contributed by atoms with van der Waals surface area (Å²) in [6.07, 6.45) is 0.704. The maximum Gasteiger partial charge on any atom is 0.290 e. The van der Waals surface area contributed by atoms with Crippen molar-refractivity contribution in [1.82, 2.24) is 9.80 Å². The number of rotatable bonds is 8. The first-order valence-corrected chi connectivity index (χ1v) is 12.7. The molecule has 0 spiro atoms. The lowest BCUT2D eigenvalue weighted by Crippen LogP contribution is -2.39. The van der Waals surface area contributed by atoms with Crippen LogP contribution in [0.5, 0.6) is 5.75 Å². The van der Waals surface area contributed by atoms with E-state index in [1.807, 2.05) is 36.4 Å². The Kier molecular flexibility index (Phi) is 7.13. The number of ether oxygens (including phenoxy) is 2. The van der Waals surface area contributed by atoms with Crippen molar-refractivity contribution >= 4 is 38.6 Å². The fraction of sp³-hybridized carbons (Fsp3) is 0.333. The van der Waals surface area contributed by atoms with Crippen LogP contribution in [0.25, 0.3) is 11.0 Å². The zero-order valence-corrected chi connectivity index (χ0v) is 21.5. The zero-order valence-electron chi connectivity index (χ0n) is 19.9. The van der Waals surface area contributed by atoms with E-state index in [0.717, 1.165) is 29.7 Å². The molecule has 0 aliphatic carbocycles. The Morgan fingerprint density at radius 3 is 2.61 bits per heavy atom. The third-order valence-corrected chi connectivity index (χ3v) is 7.19. The molecule has 0 bridgehead atoms. The van der Waals surface area contributed by atoms with Crippen LogP contribution in [0, 0.1) is 0 Å². The molecular formula is C27H27BrN2O6. The molecule has 1 aromatic heterocycles. The Morgan fingerprint density at radius 1 is 1.14 bits per heavy atom. The molecule has 0 radical (unpaired) electrons. The summed E-state index contributed by atoms with van der Waals surface area (Å²) in [6, 6.07) is 13.7. The highest BCUT2D eigenvalue weighted by molar-refractivity contribution is 9.10. The van der Waals surface area contributed by atoms with Crippen molar-refractivity contribution in [3.05, 3.63) is 75.7 Å². The molecule has 1 fully saturated rings. The van der Waals surface area contributed by atoms with E-state index in [4.69, 9.17) is 13.9 Å². The Hall–Kier alpha value is -3.14. The summed E-state index contributed by atoms with van der Waals surface area (Å²) in [5.41, 5.74) is 1.20. The molecule has 1 atom stereocenters. The molecule has 0 unspecified atom stereocenters. The molecule has 2 aliphatic heterocycles. The fourth-order valence-electron chi connectivity index (χ4n) is 4.84. The predicted octanol–water partition coefficient (Wildman–Crippen LogP) is 4.50. The van der Waals surface area contributed by atoms with Crippen LogP contribution in [0.2, 0.25) is 0 Å². The van der Waals surface area contributed by atoms with Crippen LogP contribution in [0.1, 0.15) is 28.6 Å². The molecular weight excluding hydrogens is 528 g/mol. The van der Waals surface area contributed by atoms with Gasteiger partial charge in [0, 0.05) is 36.0 Å². The van der Waals surface area contributed by atoms with E-state index < -0.39 is 23.5 Å². The molecule has 1 saturated heterocycles. The van der Waals surface area contributed by atoms with E-state index >= 15 is 0 Å². The highest BCUT2D eigenvalue weighted by Gasteiger charge is 2.44. The average Bonchev–Trinajstić information content (AvgIpc) is 3.44. The SMILES string of the molecule is COc1cccc2cc(C(=O)C3=C(O)C(=O)N(CCCN4CCOCC4)[C@@H]3c3ccc(Br)cc3)oc12. The molecule has 1 amide bonds. The quantitative estimate of drug-likeness (QED) is 0.409. The monoisotopic (exact) mass is 554 g/mol. The zero-order chi connectivity index (χ0) is 25.2. The standard InChI is InChI=1S/C27H27BrN2O6/c1-34-20-5-2-4-18-16-21(36-26(18)20)24(31)22-23(17-6-8-19(28)9-7-17)30(27(33)25(22)32)11-3-10-29-12-14-35-15-13-29/h2,4-9,16,23,32H,3,10-15H2,1H3/t23-/m1/s1. The van der Waals surface area contributed by atoms with Gasteiger partial charge in [0.1, 0.15) is 0 Å². The van der Waals surface area contributed by atoms with Gasteiger partial charge in [-0.2, -0.15) is 0 Å². The fourth-order valence-corrected chi connectivity index (χ4v) is 5.10. The van der Waals surface area contributed by atoms with Crippen molar-refractivity contribution in [1.29, 1.82) is 0 Å². The van der Waals surface area contributed by atoms with Gasteiger partial charge in [0.05, 0.1) is 31.9 Å². The minimum Gasteiger partial charge on any atom is -0.503 e. The van der Waals surface area contributed by atoms with E-state index in [0.29, 0.717) is 42.9 Å². The van der Waals surface area contributed by atoms with Gasteiger partial charge in [-0.15, -0.1) is 0 Å². The molecule has 1 N–H and O–H groups in total. The Bertz CT molecular complexity index is 1310. The van der Waals surface area contributed by atoms with Crippen molar-refractivity contribution in [2.45, 2.75) is 12.5 Å². The van der Waals surface area contributed by atoms with Gasteiger partial charge >= 0.3 is 0 Å². The van der Waals surface area contributed by atoms with Crippen molar-refractivity contribution < 1.29 is 28.6 Å². The third-order valence-electron chi connectivity index (χ3n) is 6.66. The van der Waals surface area contributed by atoms with Crippen molar-refractivity contribution in [2.24, 2.45) is 0 Å². The number of hydrogen-bond acceptors (Lipinski definition) is 7. The second kappa shape index (κ2) is 10.5. The number of nitrogens with zero attached hydrogens (tertiary/aromatic N) is 2. The van der Waals surface area contributed by atoms with Gasteiger partial charge in [-0.05, 0) is 36.2 Å². The van der Waals surface area contributed by atoms with Crippen LogP contribution in [0.3, 0.4) is 0 Å². The highest BCUT2D eigenvalue weighted by Crippen LogP contribution is 2.40. The Morgan fingerprint density at radius 2 is 1.89 bits per heavy atom. The second-order valence-corrected chi connectivity index (χ2v) is 9.76. The van der Waals surface area contributed by atoms with Gasteiger partial charge in [0.15, 0.2) is 22.9 Å². The van der Waals surface area contributed by atoms with Gasteiger partial charge in [-0.3, -0.25) is 14.5 Å². The first-order chi connectivity index (χ1) is 17.5. The van der Waals surface area contributed by atoms with Crippen LogP contribution >= 0.6 is 15.9 Å². The van der Waals surface area contributed by atoms with E-state index in [9.17, 15) is 14.7 Å². The molecule has 8 nitrogen and oxygen atoms in total. The number of Topliss-reactive ketones (excluding diaryl/α,β-unsaturated/α-hetero) is 1. The summed E-state index contributed by atoms with van der Waals surface area (Å²) in [5.74, 6) is -1.07. The number of para-hydroxylation sites is 1. The van der Waals surface area contributed by atoms with E-state index in [1.165, 1.54) is 7.11 Å². The number of hydrogen-bond donors (Lipinski definition) is 1. The lowest BCUT2D eigenvalue weighted by Gasteiger charge is -2.30. The van der Waals surface area contributed by atoms with Gasteiger partial charge < -0.3 is 23.9 Å². The Balaban J connectivity index is 1.46. The van der Waals surface area contributed by atoms with Crippen LogP contribution in [-0.2, 0) is 9.53 Å². The van der Waals surface area contributed by atoms with Crippen LogP contribution in [-0.4, -0.2) is 73.1 Å². The number of furan rings is 1. The van der Waals surface area contributed by atoms with Crippen molar-refractivity contribution in [2.75, 3.05) is 46.5 Å². The third kappa shape index (κ3) is 4.66. The minimum atomic E-state index is -0.724. The molecule has 188 valence electrons. The summed E-state index contributed by atoms with van der Waals surface area (Å²) < 4.78 is 17.5. The molecule has 2 aliphatic rings. The number of amides is 1. The number of aliphatic hydroxyl groups excluding tert-OH is 1. The van der Waals surface area contributed by atoms with Crippen molar-refractivity contribution in [3.8, 4) is 5.75 Å². The minimum absolute atomic E-state index is 0.0201. The molecule has 9 heteroatoms. The van der Waals surface area contributed by atoms with Crippen LogP contribution in [0.15, 0.2) is 68.8 Å². The second-order valence-electron chi connectivity index (χ2n) is 8.84. The first-order valence-electron chi connectivity index (χ1n) is 11.9. The normalized spacial score (nSPS) is 18.9. The molecule has 3 heterocycles. The molecule has 5 rings (SSSR count). The van der Waals surface area contributed by atoms with E-state index in [1.54, 1.807) is 17.0 Å². The Labute approximate surface area is 217 Å². The molecule has 3 aromatic rings. The van der Waals surface area contributed by atoms with Gasteiger partial charge in [0.2, 0.25) is 5.78 Å². The number of carbonyl (C=O) groups excluding carboxylic acids is 2. The predicted molar refractivity (Wildman–Crippen MR) is 137 cm³/mol. The number of aliphatic hydroxyl groups is 1. The maximum atomic E-state index is 13.7. The summed E-state index contributed by atoms with van der Waals surface area (Å²) in [4.78, 5) is 30.8. The number of carbonyl (C=O) groups is 2. The molecule has 0 saturated carbocycles. The number of fused-ring (bicyclic) bond motifs is 1. The lowest BCUT2D eigenvalue weighted by atomic mass is 9.95. The lowest BCUT2D eigenvalue weighted by molar-refractivity contribution is -0.129. The number of ketones is 1. The summed E-state index contributed by atoms with van der Waals surface area (Å²) in [6.45, 7) is 4.31. The summed E-state index contributed by atoms with van der Waals surface area (Å²) in [5, 5.41) is 11.6. The number of methoxy groups -OCH3 is 1. The number of halogens is 1. The van der Waals surface area contributed by atoms with Crippen LogP contribution < -0.4 is 4.74 Å². The summed E-state index contributed by atoms with van der Waals surface area (Å²) in [7, 11) is 1.53. The van der Waals surface area contributed by atoms with Gasteiger partial charge in [0.25, 0.3) is 5.91 Å². The topological polar surface area (TPSA) is 92.5 Å². The van der Waals surface area contributed by atoms with Gasteiger partial charge in [-0.1, -0.05) is 40.2 Å². The first kappa shape index (κ1) is 24.5. The maximum absolute atomic E-state index is 13.7. The molecule has 2 aromatic carbocycles. The summed E-state index contributed by atoms with van der Waals surface area (Å²) >= 11 is 3.44. The van der Waals surface area contributed by atoms with Crippen LogP contribution in [0.4, 0.5) is 0 Å². The smallest absolute Gasteiger partial charge is 0.290 e. The van der Waals surface area contributed by atoms with Gasteiger partial charge in [-0.25, -0.2) is 0 Å².